The zero-order valence-corrected chi connectivity index (χ0v) is 11.9. The molecule has 0 fully saturated rings. The van der Waals surface area contributed by atoms with E-state index in [0.29, 0.717) is 10.9 Å². The molecule has 17 heavy (non-hydrogen) atoms. The number of fused-ring (bicyclic) bond motifs is 1. The van der Waals surface area contributed by atoms with E-state index in [0.717, 1.165) is 0 Å². The Labute approximate surface area is 107 Å². The Morgan fingerprint density at radius 2 is 1.71 bits per heavy atom. The third-order valence-electron chi connectivity index (χ3n) is 3.07. The van der Waals surface area contributed by atoms with Crippen molar-refractivity contribution in [3.8, 4) is 0 Å². The molecule has 0 aliphatic rings. The fourth-order valence-electron chi connectivity index (χ4n) is 2.35. The minimum Gasteiger partial charge on any atom is -0.346 e. The van der Waals surface area contributed by atoms with Gasteiger partial charge in [0.15, 0.2) is 4.90 Å². The smallest absolute Gasteiger partial charge is 0.180 e. The van der Waals surface area contributed by atoms with Crippen molar-refractivity contribution >= 4 is 21.8 Å². The molecule has 1 heterocycles. The summed E-state index contributed by atoms with van der Waals surface area (Å²) in [6, 6.07) is 8.78. The molecule has 2 aromatic rings. The quantitative estimate of drug-likeness (QED) is 0.705. The van der Waals surface area contributed by atoms with Gasteiger partial charge in [0.2, 0.25) is 0 Å². The molecule has 1 aromatic heterocycles. The van der Waals surface area contributed by atoms with E-state index in [1.165, 1.54) is 35.3 Å². The van der Waals surface area contributed by atoms with Gasteiger partial charge in [0.25, 0.3) is 0 Å². The minimum atomic E-state index is 0.438. The largest absolute Gasteiger partial charge is 0.346 e. The zero-order chi connectivity index (χ0) is 12.3. The molecule has 0 saturated carbocycles. The third kappa shape index (κ3) is 2.52. The van der Waals surface area contributed by atoms with Crippen LogP contribution in [-0.2, 0) is 17.9 Å². The van der Waals surface area contributed by atoms with Gasteiger partial charge < -0.3 is 4.57 Å². The summed E-state index contributed by atoms with van der Waals surface area (Å²) in [5.74, 6) is 2.67. The normalized spacial score (nSPS) is 11.5. The maximum Gasteiger partial charge on any atom is 0.180 e. The van der Waals surface area contributed by atoms with Crippen LogP contribution in [0.2, 0.25) is 0 Å². The van der Waals surface area contributed by atoms with Crippen molar-refractivity contribution in [2.24, 2.45) is 7.05 Å². The number of aryl methyl sites for hydroxylation is 1. The van der Waals surface area contributed by atoms with Crippen LogP contribution in [0.15, 0.2) is 35.4 Å². The molecular weight excluding hydrogens is 226 g/mol. The van der Waals surface area contributed by atoms with Crippen LogP contribution >= 0.6 is 0 Å². The lowest BCUT2D eigenvalue weighted by Crippen LogP contribution is -2.11. The van der Waals surface area contributed by atoms with Crippen LogP contribution in [0.3, 0.4) is 0 Å². The first kappa shape index (κ1) is 12.6. The van der Waals surface area contributed by atoms with Gasteiger partial charge >= 0.3 is 0 Å². The molecule has 92 valence electrons. The Morgan fingerprint density at radius 1 is 1.06 bits per heavy atom. The van der Waals surface area contributed by atoms with Gasteiger partial charge in [-0.1, -0.05) is 26.0 Å². The van der Waals surface area contributed by atoms with Gasteiger partial charge in [0, 0.05) is 17.9 Å². The van der Waals surface area contributed by atoms with Crippen LogP contribution in [0.1, 0.15) is 26.7 Å². The Bertz CT molecular complexity index is 481. The lowest BCUT2D eigenvalue weighted by molar-refractivity contribution is 0.954. The Balaban J connectivity index is 2.45. The maximum atomic E-state index is 2.35. The van der Waals surface area contributed by atoms with Crippen LogP contribution < -0.4 is 0 Å². The zero-order valence-electron chi connectivity index (χ0n) is 11.1. The molecule has 0 atom stereocenters. The van der Waals surface area contributed by atoms with Crippen molar-refractivity contribution < 1.29 is 0 Å². The summed E-state index contributed by atoms with van der Waals surface area (Å²) in [4.78, 5) is 1.58. The third-order valence-corrected chi connectivity index (χ3v) is 5.82. The van der Waals surface area contributed by atoms with Crippen molar-refractivity contribution in [1.82, 2.24) is 4.57 Å². The molecule has 0 amide bonds. The summed E-state index contributed by atoms with van der Waals surface area (Å²) < 4.78 is 2.27. The molecule has 0 aliphatic heterocycles. The highest BCUT2D eigenvalue weighted by Gasteiger charge is 2.24. The van der Waals surface area contributed by atoms with Gasteiger partial charge in [-0.2, -0.15) is 0 Å². The molecule has 0 saturated heterocycles. The lowest BCUT2D eigenvalue weighted by Gasteiger charge is -2.04. The molecule has 2 heteroatoms. The van der Waals surface area contributed by atoms with E-state index >= 15 is 0 Å². The van der Waals surface area contributed by atoms with Crippen LogP contribution in [0.4, 0.5) is 0 Å². The molecule has 0 unspecified atom stereocenters. The van der Waals surface area contributed by atoms with E-state index in [2.05, 4.69) is 55.9 Å². The number of nitrogens with zero attached hydrogens (tertiary/aromatic N) is 1. The van der Waals surface area contributed by atoms with E-state index < -0.39 is 0 Å². The van der Waals surface area contributed by atoms with Crippen molar-refractivity contribution in [2.75, 3.05) is 11.5 Å². The Hall–Kier alpha value is -0.890. The van der Waals surface area contributed by atoms with Crippen LogP contribution in [-0.4, -0.2) is 16.1 Å². The average molecular weight is 248 g/mol. The van der Waals surface area contributed by atoms with Gasteiger partial charge in [-0.05, 0) is 25.0 Å². The number of hydrogen-bond donors (Lipinski definition) is 0. The van der Waals surface area contributed by atoms with E-state index in [1.807, 2.05) is 0 Å². The Morgan fingerprint density at radius 3 is 2.35 bits per heavy atom. The summed E-state index contributed by atoms with van der Waals surface area (Å²) in [6.07, 6.45) is 4.91. The topological polar surface area (TPSA) is 4.93 Å². The molecule has 0 radical (unpaired) electrons. The average Bonchev–Trinajstić information content (AvgIpc) is 2.67. The molecule has 1 nitrogen and oxygen atoms in total. The Kier molecular flexibility index (Phi) is 4.16. The van der Waals surface area contributed by atoms with Gasteiger partial charge in [-0.15, -0.1) is 0 Å². The molecule has 0 aliphatic carbocycles. The number of rotatable bonds is 5. The fraction of sp³-hybridized carbons (Fsp3) is 0.467. The maximum absolute atomic E-state index is 2.35. The first-order valence-corrected chi connectivity index (χ1v) is 8.05. The standard InChI is InChI=1S/C15H22NS/c1-4-10-17(11-5-2)15-12-16(3)14-9-7-6-8-13(14)15/h6-9,12H,4-5,10-11H2,1-3H3/q+1. The van der Waals surface area contributed by atoms with Crippen molar-refractivity contribution in [3.63, 3.8) is 0 Å². The fourth-order valence-corrected chi connectivity index (χ4v) is 4.77. The highest BCUT2D eigenvalue weighted by atomic mass is 32.2. The number of aromatic nitrogens is 1. The predicted octanol–water partition coefficient (Wildman–Crippen LogP) is 3.98. The van der Waals surface area contributed by atoms with Crippen LogP contribution in [0.5, 0.6) is 0 Å². The van der Waals surface area contributed by atoms with E-state index in [-0.39, 0.29) is 0 Å². The number of benzene rings is 1. The second-order valence-electron chi connectivity index (χ2n) is 4.52. The lowest BCUT2D eigenvalue weighted by atomic mass is 10.2. The van der Waals surface area contributed by atoms with Gasteiger partial charge in [0.05, 0.1) is 17.1 Å². The SMILES string of the molecule is CCC[S+](CCC)c1cn(C)c2ccccc12. The molecule has 1 aromatic carbocycles. The van der Waals surface area contributed by atoms with Crippen LogP contribution in [0.25, 0.3) is 10.9 Å². The van der Waals surface area contributed by atoms with Crippen molar-refractivity contribution in [3.05, 3.63) is 30.5 Å². The van der Waals surface area contributed by atoms with E-state index in [1.54, 1.807) is 4.90 Å². The van der Waals surface area contributed by atoms with Crippen molar-refractivity contribution in [2.45, 2.75) is 31.6 Å². The second kappa shape index (κ2) is 5.63. The molecule has 0 spiro atoms. The van der Waals surface area contributed by atoms with Gasteiger partial charge in [0.1, 0.15) is 11.5 Å². The first-order valence-electron chi connectivity index (χ1n) is 6.49. The van der Waals surface area contributed by atoms with Gasteiger partial charge in [-0.25, -0.2) is 0 Å². The summed E-state index contributed by atoms with van der Waals surface area (Å²) in [7, 11) is 2.60. The van der Waals surface area contributed by atoms with Crippen LogP contribution in [0, 0.1) is 0 Å². The molecule has 0 bridgehead atoms. The monoisotopic (exact) mass is 248 g/mol. The van der Waals surface area contributed by atoms with Crippen molar-refractivity contribution in [1.29, 1.82) is 0 Å². The molecule has 2 rings (SSSR count). The van der Waals surface area contributed by atoms with E-state index in [9.17, 15) is 0 Å². The molecular formula is C15H22NS+. The number of hydrogen-bond acceptors (Lipinski definition) is 0. The first-order chi connectivity index (χ1) is 8.27. The highest BCUT2D eigenvalue weighted by molar-refractivity contribution is 7.97. The minimum absolute atomic E-state index is 0.438. The second-order valence-corrected chi connectivity index (χ2v) is 6.76. The van der Waals surface area contributed by atoms with E-state index in [4.69, 9.17) is 0 Å². The van der Waals surface area contributed by atoms with Gasteiger partial charge in [-0.3, -0.25) is 0 Å². The summed E-state index contributed by atoms with van der Waals surface area (Å²) in [5, 5.41) is 1.46. The predicted molar refractivity (Wildman–Crippen MR) is 78.9 cm³/mol. The highest BCUT2D eigenvalue weighted by Crippen LogP contribution is 2.27. The molecule has 0 N–H and O–H groups in total. The summed E-state index contributed by atoms with van der Waals surface area (Å²) >= 11 is 0. The number of para-hydroxylation sites is 1. The summed E-state index contributed by atoms with van der Waals surface area (Å²) in [5.41, 5.74) is 1.37. The summed E-state index contributed by atoms with van der Waals surface area (Å²) in [6.45, 7) is 4.58.